The summed E-state index contributed by atoms with van der Waals surface area (Å²) >= 11 is 0. The number of methoxy groups -OCH3 is 1. The Morgan fingerprint density at radius 1 is 1.81 bits per heavy atom. The van der Waals surface area contributed by atoms with Crippen LogP contribution in [0.3, 0.4) is 0 Å². The predicted molar refractivity (Wildman–Crippen MR) is 55.4 cm³/mol. The topological polar surface area (TPSA) is 92.9 Å². The van der Waals surface area contributed by atoms with Crippen molar-refractivity contribution in [2.45, 2.75) is 0 Å². The van der Waals surface area contributed by atoms with E-state index in [0.29, 0.717) is 5.56 Å². The zero-order valence-corrected chi connectivity index (χ0v) is 8.84. The monoisotopic (exact) mass is 219 g/mol. The highest BCUT2D eigenvalue weighted by atomic mass is 16.5. The first-order valence-corrected chi connectivity index (χ1v) is 4.30. The molecule has 0 aromatic carbocycles. The summed E-state index contributed by atoms with van der Waals surface area (Å²) in [7, 11) is 2.90. The summed E-state index contributed by atoms with van der Waals surface area (Å²) in [5, 5.41) is 7.15. The predicted octanol–water partition coefficient (Wildman–Crippen LogP) is 0.869. The standard InChI is InChI=1S/C9H9N5O2/c1-14-8(9(15)16-2)7(6-12-14)4-3-5-11-13-10/h6H,5H2,1-2H3. The van der Waals surface area contributed by atoms with Crippen molar-refractivity contribution < 1.29 is 9.53 Å². The number of aromatic nitrogens is 2. The van der Waals surface area contributed by atoms with Gasteiger partial charge in [-0.15, -0.1) is 0 Å². The van der Waals surface area contributed by atoms with Crippen LogP contribution in [-0.4, -0.2) is 29.4 Å². The highest BCUT2D eigenvalue weighted by Gasteiger charge is 2.15. The van der Waals surface area contributed by atoms with Gasteiger partial charge in [0.2, 0.25) is 0 Å². The van der Waals surface area contributed by atoms with Crippen molar-refractivity contribution in [1.82, 2.24) is 9.78 Å². The first kappa shape index (κ1) is 11.6. The van der Waals surface area contributed by atoms with Gasteiger partial charge in [0.1, 0.15) is 0 Å². The highest BCUT2D eigenvalue weighted by molar-refractivity contribution is 5.90. The third kappa shape index (κ3) is 2.53. The largest absolute Gasteiger partial charge is 0.464 e. The number of hydrogen-bond donors (Lipinski definition) is 0. The SMILES string of the molecule is COC(=O)c1c(C#CCN=[N+]=[N-])cnn1C. The number of nitrogens with zero attached hydrogens (tertiary/aromatic N) is 5. The molecule has 1 heterocycles. The maximum absolute atomic E-state index is 11.4. The summed E-state index contributed by atoms with van der Waals surface area (Å²) < 4.78 is 5.97. The van der Waals surface area contributed by atoms with Crippen LogP contribution >= 0.6 is 0 Å². The molecule has 1 aromatic heterocycles. The molecule has 0 aliphatic heterocycles. The number of azide groups is 1. The lowest BCUT2D eigenvalue weighted by Crippen LogP contribution is -2.09. The van der Waals surface area contributed by atoms with Crippen molar-refractivity contribution in [2.24, 2.45) is 12.2 Å². The van der Waals surface area contributed by atoms with E-state index in [1.807, 2.05) is 0 Å². The van der Waals surface area contributed by atoms with Crippen molar-refractivity contribution in [3.8, 4) is 11.8 Å². The zero-order chi connectivity index (χ0) is 12.0. The molecular weight excluding hydrogens is 210 g/mol. The molecule has 0 bridgehead atoms. The van der Waals surface area contributed by atoms with Crippen molar-refractivity contribution in [3.63, 3.8) is 0 Å². The molecule has 0 atom stereocenters. The number of hydrogen-bond acceptors (Lipinski definition) is 4. The third-order valence-electron chi connectivity index (χ3n) is 1.75. The van der Waals surface area contributed by atoms with Crippen LogP contribution in [0.2, 0.25) is 0 Å². The second-order valence-electron chi connectivity index (χ2n) is 2.71. The Bertz CT molecular complexity index is 502. The lowest BCUT2D eigenvalue weighted by Gasteiger charge is -1.99. The second kappa shape index (κ2) is 5.44. The number of ether oxygens (including phenoxy) is 1. The Morgan fingerprint density at radius 2 is 2.56 bits per heavy atom. The van der Waals surface area contributed by atoms with E-state index in [0.717, 1.165) is 0 Å². The number of esters is 1. The summed E-state index contributed by atoms with van der Waals surface area (Å²) in [4.78, 5) is 13.9. The molecule has 0 aliphatic carbocycles. The van der Waals surface area contributed by atoms with Crippen molar-refractivity contribution in [2.75, 3.05) is 13.7 Å². The van der Waals surface area contributed by atoms with E-state index in [9.17, 15) is 4.79 Å². The molecule has 82 valence electrons. The number of aryl methyl sites for hydroxylation is 1. The quantitative estimate of drug-likeness (QED) is 0.243. The summed E-state index contributed by atoms with van der Waals surface area (Å²) in [6, 6.07) is 0. The van der Waals surface area contributed by atoms with E-state index in [1.54, 1.807) is 7.05 Å². The first-order valence-electron chi connectivity index (χ1n) is 4.30. The molecule has 0 radical (unpaired) electrons. The molecule has 0 amide bonds. The Morgan fingerprint density at radius 3 is 3.19 bits per heavy atom. The van der Waals surface area contributed by atoms with Crippen LogP contribution in [0.1, 0.15) is 16.1 Å². The molecule has 0 saturated heterocycles. The molecule has 7 nitrogen and oxygen atoms in total. The van der Waals surface area contributed by atoms with Crippen LogP contribution in [0.4, 0.5) is 0 Å². The van der Waals surface area contributed by atoms with E-state index in [4.69, 9.17) is 5.53 Å². The Kier molecular flexibility index (Phi) is 3.95. The molecule has 0 aliphatic rings. The Hall–Kier alpha value is -2.45. The van der Waals surface area contributed by atoms with Crippen LogP contribution in [0.15, 0.2) is 11.3 Å². The number of carbonyl (C=O) groups excluding carboxylic acids is 1. The van der Waals surface area contributed by atoms with Crippen molar-refractivity contribution >= 4 is 5.97 Å². The minimum atomic E-state index is -0.506. The average Bonchev–Trinajstić information content (AvgIpc) is 2.65. The molecule has 7 heteroatoms. The second-order valence-corrected chi connectivity index (χ2v) is 2.71. The third-order valence-corrected chi connectivity index (χ3v) is 1.75. The van der Waals surface area contributed by atoms with Gasteiger partial charge in [-0.1, -0.05) is 17.0 Å². The normalized spacial score (nSPS) is 8.62. The molecule has 16 heavy (non-hydrogen) atoms. The molecule has 0 spiro atoms. The molecule has 0 unspecified atom stereocenters. The van der Waals surface area contributed by atoms with E-state index in [-0.39, 0.29) is 12.2 Å². The van der Waals surface area contributed by atoms with E-state index < -0.39 is 5.97 Å². The summed E-state index contributed by atoms with van der Waals surface area (Å²) in [5.74, 6) is 4.78. The van der Waals surface area contributed by atoms with Crippen molar-refractivity contribution in [1.29, 1.82) is 0 Å². The fourth-order valence-corrected chi connectivity index (χ4v) is 1.07. The van der Waals surface area contributed by atoms with Gasteiger partial charge in [0.15, 0.2) is 5.69 Å². The fraction of sp³-hybridized carbons (Fsp3) is 0.333. The van der Waals surface area contributed by atoms with Gasteiger partial charge in [-0.2, -0.15) is 5.10 Å². The van der Waals surface area contributed by atoms with Crippen LogP contribution in [-0.2, 0) is 11.8 Å². The van der Waals surface area contributed by atoms with Gasteiger partial charge in [-0.05, 0) is 5.53 Å². The van der Waals surface area contributed by atoms with E-state index >= 15 is 0 Å². The smallest absolute Gasteiger partial charge is 0.357 e. The summed E-state index contributed by atoms with van der Waals surface area (Å²) in [6.45, 7) is 0.0476. The zero-order valence-electron chi connectivity index (χ0n) is 8.84. The van der Waals surface area contributed by atoms with Crippen LogP contribution in [0.5, 0.6) is 0 Å². The average molecular weight is 219 g/mol. The van der Waals surface area contributed by atoms with Crippen LogP contribution in [0.25, 0.3) is 10.4 Å². The van der Waals surface area contributed by atoms with Gasteiger partial charge in [-0.3, -0.25) is 4.68 Å². The van der Waals surface area contributed by atoms with E-state index in [1.165, 1.54) is 18.0 Å². The van der Waals surface area contributed by atoms with Gasteiger partial charge < -0.3 is 4.74 Å². The van der Waals surface area contributed by atoms with E-state index in [2.05, 4.69) is 31.7 Å². The van der Waals surface area contributed by atoms with Gasteiger partial charge in [0, 0.05) is 12.0 Å². The maximum atomic E-state index is 11.4. The van der Waals surface area contributed by atoms with Gasteiger partial charge in [-0.25, -0.2) is 4.79 Å². The lowest BCUT2D eigenvalue weighted by molar-refractivity contribution is 0.0588. The Balaban J connectivity index is 2.99. The van der Waals surface area contributed by atoms with Gasteiger partial charge >= 0.3 is 5.97 Å². The molecule has 0 fully saturated rings. The van der Waals surface area contributed by atoms with Crippen LogP contribution in [0, 0.1) is 11.8 Å². The van der Waals surface area contributed by atoms with Gasteiger partial charge in [0.05, 0.1) is 25.4 Å². The Labute approximate surface area is 91.6 Å². The summed E-state index contributed by atoms with van der Waals surface area (Å²) in [6.07, 6.45) is 1.45. The van der Waals surface area contributed by atoms with Crippen molar-refractivity contribution in [3.05, 3.63) is 27.9 Å². The molecule has 0 N–H and O–H groups in total. The minimum Gasteiger partial charge on any atom is -0.464 e. The van der Waals surface area contributed by atoms with Crippen LogP contribution < -0.4 is 0 Å². The number of rotatable bonds is 2. The lowest BCUT2D eigenvalue weighted by atomic mass is 10.2. The maximum Gasteiger partial charge on any atom is 0.357 e. The minimum absolute atomic E-state index is 0.0476. The fourth-order valence-electron chi connectivity index (χ4n) is 1.07. The first-order chi connectivity index (χ1) is 7.70. The molecule has 1 rings (SSSR count). The highest BCUT2D eigenvalue weighted by Crippen LogP contribution is 2.06. The molecular formula is C9H9N5O2. The molecule has 0 saturated carbocycles. The summed E-state index contributed by atoms with van der Waals surface area (Å²) in [5.41, 5.74) is 8.77. The molecule has 1 aromatic rings. The number of carbonyl (C=O) groups is 1. The van der Waals surface area contributed by atoms with Gasteiger partial charge in [0.25, 0.3) is 0 Å².